The van der Waals surface area contributed by atoms with Crippen molar-refractivity contribution in [2.45, 2.75) is 19.1 Å². The van der Waals surface area contributed by atoms with E-state index < -0.39 is 12.0 Å². The van der Waals surface area contributed by atoms with Crippen LogP contribution in [0.2, 0.25) is 5.02 Å². The van der Waals surface area contributed by atoms with Crippen LogP contribution in [0.4, 0.5) is 0 Å². The van der Waals surface area contributed by atoms with Crippen molar-refractivity contribution in [1.82, 2.24) is 0 Å². The van der Waals surface area contributed by atoms with Gasteiger partial charge in [0.05, 0.1) is 20.1 Å². The first-order valence-corrected chi connectivity index (χ1v) is 5.70. The second-order valence-electron chi connectivity index (χ2n) is 3.82. The number of carboxylic acid groups (broad SMARTS) is 1. The minimum atomic E-state index is -0.970. The van der Waals surface area contributed by atoms with Gasteiger partial charge in [-0.1, -0.05) is 11.6 Å². The zero-order valence-corrected chi connectivity index (χ0v) is 11.0. The number of nitrogens with two attached hydrogens (primary N) is 1. The quantitative estimate of drug-likeness (QED) is 0.828. The molecule has 0 spiro atoms. The molecule has 0 saturated carbocycles. The lowest BCUT2D eigenvalue weighted by atomic mass is 9.97. The summed E-state index contributed by atoms with van der Waals surface area (Å²) in [6, 6.07) is 2.64. The fourth-order valence-corrected chi connectivity index (χ4v) is 2.03. The Bertz CT molecular complexity index is 436. The number of benzene rings is 1. The van der Waals surface area contributed by atoms with E-state index in [-0.39, 0.29) is 6.42 Å². The van der Waals surface area contributed by atoms with Gasteiger partial charge in [0.2, 0.25) is 0 Å². The van der Waals surface area contributed by atoms with Gasteiger partial charge in [-0.05, 0) is 17.7 Å². The Labute approximate surface area is 110 Å². The van der Waals surface area contributed by atoms with E-state index >= 15 is 0 Å². The highest BCUT2D eigenvalue weighted by atomic mass is 35.5. The Morgan fingerprint density at radius 2 is 2.17 bits per heavy atom. The smallest absolute Gasteiger partial charge is 0.305 e. The van der Waals surface area contributed by atoms with Gasteiger partial charge in [0.1, 0.15) is 5.75 Å². The average molecular weight is 274 g/mol. The zero-order chi connectivity index (χ0) is 13.7. The van der Waals surface area contributed by atoms with Gasteiger partial charge in [0.25, 0.3) is 0 Å². The summed E-state index contributed by atoms with van der Waals surface area (Å²) >= 11 is 5.95. The van der Waals surface area contributed by atoms with Gasteiger partial charge in [-0.25, -0.2) is 0 Å². The predicted molar refractivity (Wildman–Crippen MR) is 67.9 cm³/mol. The van der Waals surface area contributed by atoms with Crippen molar-refractivity contribution in [2.75, 3.05) is 14.2 Å². The Balaban J connectivity index is 3.23. The standard InChI is InChI=1S/C12H16ClNO4/c1-17-6-7-3-8(13)4-10(18-2)12(7)9(14)5-11(15)16/h3-4,9H,5-6,14H2,1-2H3,(H,15,16). The maximum atomic E-state index is 10.7. The first kappa shape index (κ1) is 14.8. The molecule has 0 fully saturated rings. The number of ether oxygens (including phenoxy) is 2. The zero-order valence-electron chi connectivity index (χ0n) is 10.3. The Kier molecular flexibility index (Phi) is 5.40. The summed E-state index contributed by atoms with van der Waals surface area (Å²) in [5.41, 5.74) is 7.24. The lowest BCUT2D eigenvalue weighted by Gasteiger charge is -2.18. The average Bonchev–Trinajstić information content (AvgIpc) is 2.27. The van der Waals surface area contributed by atoms with Crippen LogP contribution in [0.15, 0.2) is 12.1 Å². The molecule has 1 aromatic carbocycles. The highest BCUT2D eigenvalue weighted by molar-refractivity contribution is 6.30. The molecule has 0 heterocycles. The second kappa shape index (κ2) is 6.58. The minimum absolute atomic E-state index is 0.186. The van der Waals surface area contributed by atoms with E-state index in [0.717, 1.165) is 5.56 Å². The number of hydrogen-bond acceptors (Lipinski definition) is 4. The molecule has 0 aliphatic heterocycles. The van der Waals surface area contributed by atoms with Crippen LogP contribution in [-0.2, 0) is 16.1 Å². The van der Waals surface area contributed by atoms with Crippen molar-refractivity contribution >= 4 is 17.6 Å². The van der Waals surface area contributed by atoms with Crippen molar-refractivity contribution in [3.05, 3.63) is 28.3 Å². The van der Waals surface area contributed by atoms with E-state index in [2.05, 4.69) is 0 Å². The Morgan fingerprint density at radius 1 is 1.50 bits per heavy atom. The third kappa shape index (κ3) is 3.60. The fraction of sp³-hybridized carbons (Fsp3) is 0.417. The van der Waals surface area contributed by atoms with Gasteiger partial charge in [-0.3, -0.25) is 4.79 Å². The normalized spacial score (nSPS) is 12.2. The minimum Gasteiger partial charge on any atom is -0.496 e. The first-order valence-electron chi connectivity index (χ1n) is 5.32. The Hall–Kier alpha value is -1.30. The molecule has 1 aromatic rings. The summed E-state index contributed by atoms with van der Waals surface area (Å²) in [5, 5.41) is 9.30. The molecule has 0 radical (unpaired) electrons. The molecule has 0 aliphatic carbocycles. The summed E-state index contributed by atoms with van der Waals surface area (Å²) in [6.07, 6.45) is -0.186. The van der Waals surface area contributed by atoms with Crippen LogP contribution in [0.25, 0.3) is 0 Å². The number of rotatable bonds is 6. The van der Waals surface area contributed by atoms with E-state index in [1.165, 1.54) is 7.11 Å². The van der Waals surface area contributed by atoms with Gasteiger partial charge >= 0.3 is 5.97 Å². The Morgan fingerprint density at radius 3 is 2.67 bits per heavy atom. The largest absolute Gasteiger partial charge is 0.496 e. The lowest BCUT2D eigenvalue weighted by Crippen LogP contribution is -2.18. The molecule has 6 heteroatoms. The number of hydrogen-bond donors (Lipinski definition) is 2. The molecular weight excluding hydrogens is 258 g/mol. The molecular formula is C12H16ClNO4. The first-order chi connectivity index (χ1) is 8.49. The van der Waals surface area contributed by atoms with E-state index in [1.54, 1.807) is 19.2 Å². The molecule has 0 aromatic heterocycles. The lowest BCUT2D eigenvalue weighted by molar-refractivity contribution is -0.137. The summed E-state index contributed by atoms with van der Waals surface area (Å²) in [7, 11) is 3.03. The molecule has 0 aliphatic rings. The highest BCUT2D eigenvalue weighted by Crippen LogP contribution is 2.33. The SMILES string of the molecule is COCc1cc(Cl)cc(OC)c1C(N)CC(=O)O. The number of carboxylic acids is 1. The van der Waals surface area contributed by atoms with Crippen molar-refractivity contribution in [3.63, 3.8) is 0 Å². The van der Waals surface area contributed by atoms with Gasteiger partial charge < -0.3 is 20.3 Å². The number of aliphatic carboxylic acids is 1. The van der Waals surface area contributed by atoms with Gasteiger partial charge in [0, 0.05) is 23.7 Å². The second-order valence-corrected chi connectivity index (χ2v) is 4.25. The summed E-state index contributed by atoms with van der Waals surface area (Å²) in [4.78, 5) is 10.7. The molecule has 1 atom stereocenters. The van der Waals surface area contributed by atoms with Crippen LogP contribution in [0, 0.1) is 0 Å². The van der Waals surface area contributed by atoms with Gasteiger partial charge in [0.15, 0.2) is 0 Å². The number of carbonyl (C=O) groups is 1. The van der Waals surface area contributed by atoms with Crippen LogP contribution >= 0.6 is 11.6 Å². The molecule has 100 valence electrons. The molecule has 18 heavy (non-hydrogen) atoms. The van der Waals surface area contributed by atoms with E-state index in [9.17, 15) is 4.79 Å². The van der Waals surface area contributed by atoms with Crippen molar-refractivity contribution in [3.8, 4) is 5.75 Å². The molecule has 0 saturated heterocycles. The van der Waals surface area contributed by atoms with Crippen LogP contribution in [-0.4, -0.2) is 25.3 Å². The number of halogens is 1. The number of methoxy groups -OCH3 is 2. The summed E-state index contributed by atoms with van der Waals surface area (Å²) in [5.74, 6) is -0.494. The van der Waals surface area contributed by atoms with Crippen molar-refractivity contribution < 1.29 is 19.4 Å². The predicted octanol–water partition coefficient (Wildman–Crippen LogP) is 1.97. The van der Waals surface area contributed by atoms with Crippen LogP contribution < -0.4 is 10.5 Å². The molecule has 3 N–H and O–H groups in total. The van der Waals surface area contributed by atoms with Crippen LogP contribution in [0.5, 0.6) is 5.75 Å². The third-order valence-electron chi connectivity index (χ3n) is 2.48. The van der Waals surface area contributed by atoms with Crippen LogP contribution in [0.3, 0.4) is 0 Å². The maximum absolute atomic E-state index is 10.7. The topological polar surface area (TPSA) is 81.8 Å². The van der Waals surface area contributed by atoms with E-state index in [0.29, 0.717) is 22.9 Å². The van der Waals surface area contributed by atoms with Crippen molar-refractivity contribution in [1.29, 1.82) is 0 Å². The van der Waals surface area contributed by atoms with E-state index in [1.807, 2.05) is 0 Å². The summed E-state index contributed by atoms with van der Waals surface area (Å²) < 4.78 is 10.3. The molecule has 0 bridgehead atoms. The van der Waals surface area contributed by atoms with Crippen molar-refractivity contribution in [2.24, 2.45) is 5.73 Å². The van der Waals surface area contributed by atoms with Gasteiger partial charge in [-0.15, -0.1) is 0 Å². The molecule has 1 rings (SSSR count). The monoisotopic (exact) mass is 273 g/mol. The summed E-state index contributed by atoms with van der Waals surface area (Å²) in [6.45, 7) is 0.291. The fourth-order valence-electron chi connectivity index (χ4n) is 1.80. The van der Waals surface area contributed by atoms with Crippen LogP contribution in [0.1, 0.15) is 23.6 Å². The van der Waals surface area contributed by atoms with Gasteiger partial charge in [-0.2, -0.15) is 0 Å². The molecule has 1 unspecified atom stereocenters. The third-order valence-corrected chi connectivity index (χ3v) is 2.70. The maximum Gasteiger partial charge on any atom is 0.305 e. The molecule has 5 nitrogen and oxygen atoms in total. The molecule has 0 amide bonds. The van der Waals surface area contributed by atoms with E-state index in [4.69, 9.17) is 31.9 Å². The highest BCUT2D eigenvalue weighted by Gasteiger charge is 2.20.